The molecule has 3 rings (SSSR count). The average Bonchev–Trinajstić information content (AvgIpc) is 2.86. The molecule has 7 heteroatoms. The number of piperidine rings is 1. The van der Waals surface area contributed by atoms with Crippen LogP contribution in [0.3, 0.4) is 0 Å². The molecular formula is C26H32N4O3. The van der Waals surface area contributed by atoms with E-state index >= 15 is 0 Å². The minimum absolute atomic E-state index is 0.107. The van der Waals surface area contributed by atoms with Gasteiger partial charge >= 0.3 is 12.0 Å². The van der Waals surface area contributed by atoms with Crippen LogP contribution in [0.2, 0.25) is 0 Å². The number of amides is 2. The summed E-state index contributed by atoms with van der Waals surface area (Å²) < 4.78 is 5.11. The predicted molar refractivity (Wildman–Crippen MR) is 128 cm³/mol. The van der Waals surface area contributed by atoms with Gasteiger partial charge in [-0.1, -0.05) is 36.4 Å². The topological polar surface area (TPSA) is 94.5 Å². The van der Waals surface area contributed by atoms with Crippen LogP contribution in [0.5, 0.6) is 0 Å². The minimum Gasteiger partial charge on any atom is -0.469 e. The fourth-order valence-corrected chi connectivity index (χ4v) is 4.39. The lowest BCUT2D eigenvalue weighted by Gasteiger charge is -2.35. The van der Waals surface area contributed by atoms with Crippen LogP contribution in [0, 0.1) is 23.2 Å². The molecule has 0 radical (unpaired) electrons. The van der Waals surface area contributed by atoms with E-state index in [2.05, 4.69) is 33.7 Å². The average molecular weight is 449 g/mol. The van der Waals surface area contributed by atoms with Crippen LogP contribution in [0.25, 0.3) is 0 Å². The van der Waals surface area contributed by atoms with Gasteiger partial charge in [0.2, 0.25) is 0 Å². The van der Waals surface area contributed by atoms with Crippen molar-refractivity contribution >= 4 is 17.7 Å². The van der Waals surface area contributed by atoms with Crippen LogP contribution in [-0.2, 0) is 16.0 Å². The first-order valence-electron chi connectivity index (χ1n) is 11.5. The maximum Gasteiger partial charge on any atom is 0.319 e. The monoisotopic (exact) mass is 448 g/mol. The molecule has 1 aliphatic rings. The van der Waals surface area contributed by atoms with Crippen molar-refractivity contribution in [1.29, 1.82) is 5.26 Å². The number of hydrogen-bond donors (Lipinski definition) is 2. The molecule has 33 heavy (non-hydrogen) atoms. The van der Waals surface area contributed by atoms with Crippen LogP contribution < -0.4 is 10.6 Å². The highest BCUT2D eigenvalue weighted by Crippen LogP contribution is 2.29. The zero-order chi connectivity index (χ0) is 23.5. The van der Waals surface area contributed by atoms with Gasteiger partial charge in [-0.25, -0.2) is 4.79 Å². The summed E-state index contributed by atoms with van der Waals surface area (Å²) in [5, 5.41) is 14.6. The standard InChI is InChI=1S/C26H32N4O3/c1-33-25(31)24(18-20-7-3-2-4-8-20)22-11-15-30(16-12-22)14-6-13-28-26(32)29-23-10-5-9-21(17-23)19-27/h2-5,7-10,17,22,24H,6,11-16,18H2,1H3,(H2,28,29,32). The van der Waals surface area contributed by atoms with Crippen molar-refractivity contribution in [1.82, 2.24) is 10.2 Å². The van der Waals surface area contributed by atoms with Crippen LogP contribution >= 0.6 is 0 Å². The Morgan fingerprint density at radius 1 is 1.15 bits per heavy atom. The Morgan fingerprint density at radius 3 is 2.61 bits per heavy atom. The second-order valence-electron chi connectivity index (χ2n) is 8.43. The fourth-order valence-electron chi connectivity index (χ4n) is 4.39. The number of nitrogens with one attached hydrogen (secondary N) is 2. The number of anilines is 1. The largest absolute Gasteiger partial charge is 0.469 e. The van der Waals surface area contributed by atoms with Crippen LogP contribution in [0.4, 0.5) is 10.5 Å². The third kappa shape index (κ3) is 7.62. The Labute approximate surface area is 195 Å². The zero-order valence-electron chi connectivity index (χ0n) is 19.1. The van der Waals surface area contributed by atoms with Gasteiger partial charge in [-0.15, -0.1) is 0 Å². The van der Waals surface area contributed by atoms with Gasteiger partial charge in [0.1, 0.15) is 0 Å². The van der Waals surface area contributed by atoms with Gasteiger partial charge in [0.25, 0.3) is 0 Å². The van der Waals surface area contributed by atoms with Gasteiger partial charge < -0.3 is 20.3 Å². The maximum absolute atomic E-state index is 12.4. The summed E-state index contributed by atoms with van der Waals surface area (Å²) in [5.74, 6) is 0.0965. The lowest BCUT2D eigenvalue weighted by Crippen LogP contribution is -2.40. The molecule has 2 aromatic carbocycles. The number of likely N-dealkylation sites (tertiary alicyclic amines) is 1. The van der Waals surface area contributed by atoms with E-state index in [4.69, 9.17) is 10.00 Å². The predicted octanol–water partition coefficient (Wildman–Crippen LogP) is 3.81. The van der Waals surface area contributed by atoms with E-state index < -0.39 is 0 Å². The summed E-state index contributed by atoms with van der Waals surface area (Å²) in [6.07, 6.45) is 3.50. The number of esters is 1. The van der Waals surface area contributed by atoms with Crippen LogP contribution in [0.15, 0.2) is 54.6 Å². The molecule has 174 valence electrons. The van der Waals surface area contributed by atoms with Gasteiger partial charge in [-0.3, -0.25) is 4.79 Å². The van der Waals surface area contributed by atoms with Crippen LogP contribution in [0.1, 0.15) is 30.4 Å². The third-order valence-electron chi connectivity index (χ3n) is 6.19. The summed E-state index contributed by atoms with van der Waals surface area (Å²) in [6.45, 7) is 3.36. The van der Waals surface area contributed by atoms with Gasteiger partial charge in [0.05, 0.1) is 24.7 Å². The van der Waals surface area contributed by atoms with Crippen molar-refractivity contribution in [3.05, 3.63) is 65.7 Å². The van der Waals surface area contributed by atoms with Crippen molar-refractivity contribution in [3.63, 3.8) is 0 Å². The Kier molecular flexibility index (Phi) is 9.28. The summed E-state index contributed by atoms with van der Waals surface area (Å²) >= 11 is 0. The van der Waals surface area contributed by atoms with E-state index in [1.807, 2.05) is 18.2 Å². The van der Waals surface area contributed by atoms with E-state index in [0.717, 1.165) is 38.9 Å². The fraction of sp³-hybridized carbons (Fsp3) is 0.423. The molecule has 0 bridgehead atoms. The second-order valence-corrected chi connectivity index (χ2v) is 8.43. The summed E-state index contributed by atoms with van der Waals surface area (Å²) in [7, 11) is 1.47. The molecule has 2 N–H and O–H groups in total. The SMILES string of the molecule is COC(=O)C(Cc1ccccc1)C1CCN(CCCNC(=O)Nc2cccc(C#N)c2)CC1. The molecule has 1 fully saturated rings. The number of ether oxygens (including phenoxy) is 1. The lowest BCUT2D eigenvalue weighted by atomic mass is 9.80. The smallest absolute Gasteiger partial charge is 0.319 e. The van der Waals surface area contributed by atoms with Crippen molar-refractivity contribution in [2.75, 3.05) is 38.6 Å². The van der Waals surface area contributed by atoms with Crippen LogP contribution in [-0.4, -0.2) is 50.2 Å². The van der Waals surface area contributed by atoms with Gasteiger partial charge in [0, 0.05) is 12.2 Å². The molecule has 1 aliphatic heterocycles. The van der Waals surface area contributed by atoms with Gasteiger partial charge in [-0.05, 0) is 75.0 Å². The Bertz CT molecular complexity index is 950. The molecule has 2 amide bonds. The van der Waals surface area contributed by atoms with E-state index in [1.54, 1.807) is 24.3 Å². The molecule has 0 saturated carbocycles. The number of carbonyl (C=O) groups excluding carboxylic acids is 2. The quantitative estimate of drug-likeness (QED) is 0.449. The number of nitrogens with zero attached hydrogens (tertiary/aromatic N) is 2. The lowest BCUT2D eigenvalue weighted by molar-refractivity contribution is -0.148. The molecule has 0 aliphatic carbocycles. The number of carbonyl (C=O) groups is 2. The molecular weight excluding hydrogens is 416 g/mol. The molecule has 1 atom stereocenters. The second kappa shape index (κ2) is 12.6. The molecule has 2 aromatic rings. The number of hydrogen-bond acceptors (Lipinski definition) is 5. The number of benzene rings is 2. The zero-order valence-corrected chi connectivity index (χ0v) is 19.1. The Morgan fingerprint density at radius 2 is 1.91 bits per heavy atom. The highest BCUT2D eigenvalue weighted by atomic mass is 16.5. The highest BCUT2D eigenvalue weighted by Gasteiger charge is 2.32. The number of nitriles is 1. The molecule has 1 unspecified atom stereocenters. The normalized spacial score (nSPS) is 15.3. The first kappa shape index (κ1) is 24.3. The van der Waals surface area contributed by atoms with Crippen molar-refractivity contribution < 1.29 is 14.3 Å². The van der Waals surface area contributed by atoms with E-state index in [1.165, 1.54) is 12.7 Å². The first-order valence-corrected chi connectivity index (χ1v) is 11.5. The molecule has 7 nitrogen and oxygen atoms in total. The van der Waals surface area contributed by atoms with Crippen molar-refractivity contribution in [3.8, 4) is 6.07 Å². The molecule has 0 spiro atoms. The highest BCUT2D eigenvalue weighted by molar-refractivity contribution is 5.89. The third-order valence-corrected chi connectivity index (χ3v) is 6.19. The summed E-state index contributed by atoms with van der Waals surface area (Å²) in [4.78, 5) is 26.9. The first-order chi connectivity index (χ1) is 16.1. The van der Waals surface area contributed by atoms with E-state index in [9.17, 15) is 9.59 Å². The minimum atomic E-state index is -0.273. The molecule has 1 heterocycles. The molecule has 0 aromatic heterocycles. The number of rotatable bonds is 9. The summed E-state index contributed by atoms with van der Waals surface area (Å²) in [6, 6.07) is 18.7. The van der Waals surface area contributed by atoms with E-state index in [0.29, 0.717) is 30.1 Å². The van der Waals surface area contributed by atoms with Gasteiger partial charge in [-0.2, -0.15) is 5.26 Å². The number of urea groups is 1. The number of methoxy groups -OCH3 is 1. The summed E-state index contributed by atoms with van der Waals surface area (Å²) in [5.41, 5.74) is 2.28. The van der Waals surface area contributed by atoms with Crippen molar-refractivity contribution in [2.45, 2.75) is 25.7 Å². The van der Waals surface area contributed by atoms with Crippen molar-refractivity contribution in [2.24, 2.45) is 11.8 Å². The Balaban J connectivity index is 1.37. The molecule has 1 saturated heterocycles. The maximum atomic E-state index is 12.4. The Hall–Kier alpha value is -3.37. The van der Waals surface area contributed by atoms with Gasteiger partial charge in [0.15, 0.2) is 0 Å². The van der Waals surface area contributed by atoms with E-state index in [-0.39, 0.29) is 17.9 Å².